The van der Waals surface area contributed by atoms with E-state index in [0.29, 0.717) is 35.6 Å². The van der Waals surface area contributed by atoms with Gasteiger partial charge >= 0.3 is 5.97 Å². The Morgan fingerprint density at radius 1 is 1.17 bits per heavy atom. The normalized spacial score (nSPS) is 13.8. The van der Waals surface area contributed by atoms with Crippen LogP contribution in [0.25, 0.3) is 10.9 Å². The van der Waals surface area contributed by atoms with Crippen LogP contribution in [0.3, 0.4) is 0 Å². The summed E-state index contributed by atoms with van der Waals surface area (Å²) < 4.78 is 21.4. The summed E-state index contributed by atoms with van der Waals surface area (Å²) in [6.45, 7) is 2.35. The Bertz CT molecular complexity index is 1260. The van der Waals surface area contributed by atoms with E-state index in [2.05, 4.69) is 4.98 Å². The predicted molar refractivity (Wildman–Crippen MR) is 105 cm³/mol. The molecule has 1 aliphatic heterocycles. The molecule has 0 saturated heterocycles. The molecule has 9 nitrogen and oxygen atoms in total. The highest BCUT2D eigenvalue weighted by atomic mass is 16.6. The summed E-state index contributed by atoms with van der Waals surface area (Å²) in [5.41, 5.74) is -0.523. The maximum Gasteiger partial charge on any atom is 0.306 e. The Morgan fingerprint density at radius 2 is 1.87 bits per heavy atom. The highest BCUT2D eigenvalue weighted by Gasteiger charge is 2.29. The van der Waals surface area contributed by atoms with Gasteiger partial charge in [-0.05, 0) is 19.1 Å². The zero-order valence-corrected chi connectivity index (χ0v) is 16.3. The summed E-state index contributed by atoms with van der Waals surface area (Å²) in [5, 5.41) is 10.9. The van der Waals surface area contributed by atoms with Gasteiger partial charge < -0.3 is 28.7 Å². The van der Waals surface area contributed by atoms with E-state index in [1.807, 2.05) is 0 Å². The first kappa shape index (κ1) is 19.6. The number of methoxy groups -OCH3 is 1. The minimum Gasteiger partial charge on any atom is -0.502 e. The molecule has 2 aromatic heterocycles. The van der Waals surface area contributed by atoms with Gasteiger partial charge in [0.25, 0.3) is 5.56 Å². The van der Waals surface area contributed by atoms with Crippen molar-refractivity contribution in [3.05, 3.63) is 61.9 Å². The second kappa shape index (κ2) is 7.58. The van der Waals surface area contributed by atoms with Gasteiger partial charge in [-0.1, -0.05) is 0 Å². The van der Waals surface area contributed by atoms with Crippen LogP contribution >= 0.6 is 0 Å². The molecule has 0 bridgehead atoms. The molecule has 1 aromatic carbocycles. The van der Waals surface area contributed by atoms with Gasteiger partial charge in [0.15, 0.2) is 17.3 Å². The van der Waals surface area contributed by atoms with Crippen LogP contribution in [0.15, 0.2) is 38.3 Å². The summed E-state index contributed by atoms with van der Waals surface area (Å²) in [6, 6.07) is 6.07. The van der Waals surface area contributed by atoms with Gasteiger partial charge in [-0.15, -0.1) is 0 Å². The first-order valence-corrected chi connectivity index (χ1v) is 9.24. The third-order valence-electron chi connectivity index (χ3n) is 4.90. The number of fused-ring (bicyclic) bond motifs is 2. The second-order valence-electron chi connectivity index (χ2n) is 6.90. The van der Waals surface area contributed by atoms with Gasteiger partial charge in [0, 0.05) is 23.1 Å². The number of carbonyl (C=O) groups is 1. The molecular formula is C21H19NO8. The third kappa shape index (κ3) is 3.49. The van der Waals surface area contributed by atoms with Crippen LogP contribution in [0.2, 0.25) is 0 Å². The molecule has 1 atom stereocenters. The fraction of sp³-hybridized carbons (Fsp3) is 0.286. The smallest absolute Gasteiger partial charge is 0.306 e. The Balaban J connectivity index is 1.92. The van der Waals surface area contributed by atoms with Gasteiger partial charge in [-0.2, -0.15) is 0 Å². The first-order chi connectivity index (χ1) is 14.4. The molecule has 0 spiro atoms. The van der Waals surface area contributed by atoms with E-state index in [0.717, 1.165) is 6.07 Å². The lowest BCUT2D eigenvalue weighted by Crippen LogP contribution is -2.21. The molecule has 30 heavy (non-hydrogen) atoms. The maximum absolute atomic E-state index is 12.9. The van der Waals surface area contributed by atoms with E-state index >= 15 is 0 Å². The van der Waals surface area contributed by atoms with Crippen LogP contribution in [0, 0.1) is 6.92 Å². The Labute approximate surface area is 169 Å². The van der Waals surface area contributed by atoms with Gasteiger partial charge in [0.1, 0.15) is 19.0 Å². The van der Waals surface area contributed by atoms with E-state index < -0.39 is 28.6 Å². The van der Waals surface area contributed by atoms with Crippen molar-refractivity contribution in [2.24, 2.45) is 0 Å². The van der Waals surface area contributed by atoms with Gasteiger partial charge in [-0.25, -0.2) is 0 Å². The highest BCUT2D eigenvalue weighted by molar-refractivity contribution is 5.83. The number of ether oxygens (including phenoxy) is 3. The summed E-state index contributed by atoms with van der Waals surface area (Å²) >= 11 is 0. The van der Waals surface area contributed by atoms with Crippen molar-refractivity contribution in [3.63, 3.8) is 0 Å². The molecule has 0 fully saturated rings. The number of aromatic nitrogens is 1. The standard InChI is InChI=1S/C21H19NO8/c1-10-5-15(23)19(25)20(30-10)12(8-18(24)27-2)13-6-11-7-16-17(29-4-3-28-16)9-14(11)22-21(13)26/h5-7,9,12,25H,3-4,8H2,1-2H3,(H,22,26). The molecule has 3 aromatic rings. The molecule has 0 radical (unpaired) electrons. The number of benzene rings is 1. The van der Waals surface area contributed by atoms with Crippen LogP contribution in [0.4, 0.5) is 0 Å². The van der Waals surface area contributed by atoms with Crippen LogP contribution in [0.1, 0.15) is 29.4 Å². The summed E-state index contributed by atoms with van der Waals surface area (Å²) in [4.78, 5) is 39.8. The molecule has 0 saturated carbocycles. The van der Waals surface area contributed by atoms with Gasteiger partial charge in [0.05, 0.1) is 25.0 Å². The fourth-order valence-electron chi connectivity index (χ4n) is 3.47. The number of aromatic amines is 1. The van der Waals surface area contributed by atoms with Crippen molar-refractivity contribution in [2.45, 2.75) is 19.3 Å². The molecular weight excluding hydrogens is 394 g/mol. The lowest BCUT2D eigenvalue weighted by Gasteiger charge is -2.20. The lowest BCUT2D eigenvalue weighted by molar-refractivity contribution is -0.140. The zero-order valence-electron chi connectivity index (χ0n) is 16.3. The minimum absolute atomic E-state index is 0.133. The number of hydrogen-bond donors (Lipinski definition) is 2. The quantitative estimate of drug-likeness (QED) is 0.621. The van der Waals surface area contributed by atoms with Crippen molar-refractivity contribution < 1.29 is 28.5 Å². The topological polar surface area (TPSA) is 128 Å². The van der Waals surface area contributed by atoms with Crippen LogP contribution in [-0.2, 0) is 9.53 Å². The number of pyridine rings is 1. The fourth-order valence-corrected chi connectivity index (χ4v) is 3.47. The number of rotatable bonds is 4. The lowest BCUT2D eigenvalue weighted by atomic mass is 9.92. The van der Waals surface area contributed by atoms with Crippen LogP contribution < -0.4 is 20.5 Å². The first-order valence-electron chi connectivity index (χ1n) is 9.24. The van der Waals surface area contributed by atoms with Gasteiger partial charge in [-0.3, -0.25) is 14.4 Å². The maximum atomic E-state index is 12.9. The molecule has 3 heterocycles. The molecule has 2 N–H and O–H groups in total. The highest BCUT2D eigenvalue weighted by Crippen LogP contribution is 2.36. The number of H-pyrrole nitrogens is 1. The van der Waals surface area contributed by atoms with E-state index in [1.165, 1.54) is 14.0 Å². The number of hydrogen-bond acceptors (Lipinski definition) is 8. The number of nitrogens with one attached hydrogen (secondary N) is 1. The zero-order chi connectivity index (χ0) is 21.4. The average Bonchev–Trinajstić information content (AvgIpc) is 2.73. The number of carbonyl (C=O) groups excluding carboxylic acids is 1. The molecule has 0 amide bonds. The molecule has 1 unspecified atom stereocenters. The van der Waals surface area contributed by atoms with E-state index in [1.54, 1.807) is 18.2 Å². The van der Waals surface area contributed by atoms with E-state index in [-0.39, 0.29) is 23.5 Å². The Kier molecular flexibility index (Phi) is 4.94. The summed E-state index contributed by atoms with van der Waals surface area (Å²) in [6.07, 6.45) is -0.310. The molecule has 0 aliphatic carbocycles. The molecule has 9 heteroatoms. The Hall–Kier alpha value is -3.75. The predicted octanol–water partition coefficient (Wildman–Crippen LogP) is 1.96. The molecule has 4 rings (SSSR count). The number of aromatic hydroxyl groups is 1. The minimum atomic E-state index is -1.04. The van der Waals surface area contributed by atoms with Crippen molar-refractivity contribution in [3.8, 4) is 17.2 Å². The van der Waals surface area contributed by atoms with Crippen LogP contribution in [-0.4, -0.2) is 36.4 Å². The SMILES string of the molecule is COC(=O)CC(c1oc(C)cc(=O)c1O)c1cc2cc3c(cc2[nH]c1=O)OCCO3. The summed E-state index contributed by atoms with van der Waals surface area (Å²) in [7, 11) is 1.21. The van der Waals surface area contributed by atoms with E-state index in [4.69, 9.17) is 18.6 Å². The average molecular weight is 413 g/mol. The number of esters is 1. The largest absolute Gasteiger partial charge is 0.502 e. The van der Waals surface area contributed by atoms with E-state index in [9.17, 15) is 19.5 Å². The third-order valence-corrected chi connectivity index (χ3v) is 4.90. The van der Waals surface area contributed by atoms with Crippen molar-refractivity contribution in [1.29, 1.82) is 0 Å². The van der Waals surface area contributed by atoms with Gasteiger partial charge in [0.2, 0.25) is 11.2 Å². The van der Waals surface area contributed by atoms with Crippen molar-refractivity contribution in [2.75, 3.05) is 20.3 Å². The monoisotopic (exact) mass is 413 g/mol. The molecule has 1 aliphatic rings. The molecule has 156 valence electrons. The van der Waals surface area contributed by atoms with Crippen LogP contribution in [0.5, 0.6) is 17.2 Å². The second-order valence-corrected chi connectivity index (χ2v) is 6.90. The summed E-state index contributed by atoms with van der Waals surface area (Å²) in [5.74, 6) is -1.22. The Morgan fingerprint density at radius 3 is 2.57 bits per heavy atom. The van der Waals surface area contributed by atoms with Crippen molar-refractivity contribution in [1.82, 2.24) is 4.98 Å². The number of aryl methyl sites for hydroxylation is 1. The van der Waals surface area contributed by atoms with Crippen molar-refractivity contribution >= 4 is 16.9 Å².